The number of anilines is 1. The summed E-state index contributed by atoms with van der Waals surface area (Å²) >= 11 is 0. The second kappa shape index (κ2) is 5.13. The number of hydrogen-bond donors (Lipinski definition) is 1. The van der Waals surface area contributed by atoms with Crippen LogP contribution in [0.25, 0.3) is 11.4 Å². The first-order valence-corrected chi connectivity index (χ1v) is 7.63. The molecular formula is C16H23N5. The predicted molar refractivity (Wildman–Crippen MR) is 83.7 cm³/mol. The molecule has 0 bridgehead atoms. The van der Waals surface area contributed by atoms with Crippen LogP contribution < -0.4 is 5.73 Å². The maximum atomic E-state index is 5.94. The van der Waals surface area contributed by atoms with E-state index in [1.165, 1.54) is 19.3 Å². The fraction of sp³-hybridized carbons (Fsp3) is 0.562. The van der Waals surface area contributed by atoms with Crippen LogP contribution in [0.2, 0.25) is 0 Å². The summed E-state index contributed by atoms with van der Waals surface area (Å²) in [5, 5.41) is 12.5. The molecule has 1 aliphatic rings. The van der Waals surface area contributed by atoms with Gasteiger partial charge < -0.3 is 5.73 Å². The third-order valence-electron chi connectivity index (χ3n) is 4.74. The van der Waals surface area contributed by atoms with Gasteiger partial charge in [0, 0.05) is 11.3 Å². The van der Waals surface area contributed by atoms with Crippen LogP contribution in [0.5, 0.6) is 0 Å². The van der Waals surface area contributed by atoms with Gasteiger partial charge in [0.05, 0.1) is 6.04 Å². The van der Waals surface area contributed by atoms with Gasteiger partial charge >= 0.3 is 0 Å². The number of rotatable bonds is 2. The molecule has 3 rings (SSSR count). The highest BCUT2D eigenvalue weighted by atomic mass is 15.6. The minimum Gasteiger partial charge on any atom is -0.399 e. The van der Waals surface area contributed by atoms with Gasteiger partial charge in [-0.3, -0.25) is 0 Å². The van der Waals surface area contributed by atoms with Crippen molar-refractivity contribution in [2.75, 3.05) is 5.73 Å². The second-order valence-corrected chi connectivity index (χ2v) is 6.77. The van der Waals surface area contributed by atoms with Gasteiger partial charge in [-0.05, 0) is 53.3 Å². The Hall–Kier alpha value is -1.91. The number of aromatic nitrogens is 4. The van der Waals surface area contributed by atoms with Gasteiger partial charge in [0.1, 0.15) is 0 Å². The topological polar surface area (TPSA) is 69.6 Å². The Morgan fingerprint density at radius 1 is 1.29 bits per heavy atom. The summed E-state index contributed by atoms with van der Waals surface area (Å²) in [6, 6.07) is 6.25. The molecule has 0 aliphatic heterocycles. The number of aryl methyl sites for hydroxylation is 1. The van der Waals surface area contributed by atoms with Crippen LogP contribution in [0.15, 0.2) is 18.2 Å². The minimum atomic E-state index is 0.219. The summed E-state index contributed by atoms with van der Waals surface area (Å²) < 4.78 is 2.01. The highest BCUT2D eigenvalue weighted by Crippen LogP contribution is 2.44. The smallest absolute Gasteiger partial charge is 0.182 e. The molecule has 0 saturated heterocycles. The van der Waals surface area contributed by atoms with Crippen molar-refractivity contribution >= 4 is 5.69 Å². The molecule has 0 radical (unpaired) electrons. The van der Waals surface area contributed by atoms with E-state index in [2.05, 4.69) is 36.3 Å². The number of nitrogens with two attached hydrogens (primary N) is 1. The maximum absolute atomic E-state index is 5.94. The summed E-state index contributed by atoms with van der Waals surface area (Å²) in [5.74, 6) is 0.833. The Balaban J connectivity index is 2.07. The number of tetrazole rings is 1. The SMILES string of the molecule is Cc1ccc(N)cc1-c1nnnn1C1CCCCC1(C)C. The Kier molecular flexibility index (Phi) is 3.43. The molecule has 112 valence electrons. The molecule has 1 unspecified atom stereocenters. The molecule has 1 heterocycles. The zero-order chi connectivity index (χ0) is 15.0. The van der Waals surface area contributed by atoms with E-state index >= 15 is 0 Å². The van der Waals surface area contributed by atoms with Gasteiger partial charge in [-0.25, -0.2) is 4.68 Å². The van der Waals surface area contributed by atoms with E-state index in [1.54, 1.807) is 0 Å². The van der Waals surface area contributed by atoms with E-state index in [-0.39, 0.29) is 5.41 Å². The maximum Gasteiger partial charge on any atom is 0.182 e. The molecule has 5 heteroatoms. The first kappa shape index (κ1) is 14.0. The van der Waals surface area contributed by atoms with Crippen LogP contribution in [0.4, 0.5) is 5.69 Å². The third kappa shape index (κ3) is 2.52. The van der Waals surface area contributed by atoms with Gasteiger partial charge in [-0.1, -0.05) is 32.8 Å². The zero-order valence-corrected chi connectivity index (χ0v) is 13.0. The lowest BCUT2D eigenvalue weighted by molar-refractivity contribution is 0.132. The average Bonchev–Trinajstić information content (AvgIpc) is 2.90. The number of nitrogens with zero attached hydrogens (tertiary/aromatic N) is 4. The van der Waals surface area contributed by atoms with E-state index in [9.17, 15) is 0 Å². The van der Waals surface area contributed by atoms with Crippen molar-refractivity contribution in [1.29, 1.82) is 0 Å². The van der Waals surface area contributed by atoms with Crippen LogP contribution in [-0.2, 0) is 0 Å². The summed E-state index contributed by atoms with van der Waals surface area (Å²) in [5.41, 5.74) is 9.08. The molecule has 5 nitrogen and oxygen atoms in total. The van der Waals surface area contributed by atoms with E-state index in [0.717, 1.165) is 29.1 Å². The van der Waals surface area contributed by atoms with Crippen molar-refractivity contribution in [3.05, 3.63) is 23.8 Å². The van der Waals surface area contributed by atoms with E-state index in [1.807, 2.05) is 22.9 Å². The summed E-state index contributed by atoms with van der Waals surface area (Å²) in [4.78, 5) is 0. The lowest BCUT2D eigenvalue weighted by Gasteiger charge is -2.38. The van der Waals surface area contributed by atoms with Crippen LogP contribution >= 0.6 is 0 Å². The molecule has 1 saturated carbocycles. The summed E-state index contributed by atoms with van der Waals surface area (Å²) in [6.45, 7) is 6.70. The first-order chi connectivity index (χ1) is 9.99. The standard InChI is InChI=1S/C16H23N5/c1-11-7-8-12(17)10-13(11)15-18-19-20-21(15)14-6-4-5-9-16(14,2)3/h7-8,10,14H,4-6,9,17H2,1-3H3. The van der Waals surface area contributed by atoms with Crippen LogP contribution in [0.3, 0.4) is 0 Å². The molecule has 1 fully saturated rings. The van der Waals surface area contributed by atoms with Crippen molar-refractivity contribution in [3.63, 3.8) is 0 Å². The first-order valence-electron chi connectivity index (χ1n) is 7.63. The van der Waals surface area contributed by atoms with Crippen molar-refractivity contribution < 1.29 is 0 Å². The monoisotopic (exact) mass is 285 g/mol. The molecule has 1 aromatic heterocycles. The predicted octanol–water partition coefficient (Wildman–Crippen LogP) is 3.37. The summed E-state index contributed by atoms with van der Waals surface area (Å²) in [6.07, 6.45) is 4.88. The number of nitrogen functional groups attached to an aromatic ring is 1. The zero-order valence-electron chi connectivity index (χ0n) is 13.0. The molecule has 2 N–H and O–H groups in total. The Bertz CT molecular complexity index is 644. The second-order valence-electron chi connectivity index (χ2n) is 6.77. The Labute approximate surface area is 125 Å². The molecule has 1 atom stereocenters. The number of benzene rings is 1. The highest BCUT2D eigenvalue weighted by Gasteiger charge is 2.36. The quantitative estimate of drug-likeness (QED) is 0.859. The van der Waals surface area contributed by atoms with Crippen LogP contribution in [-0.4, -0.2) is 20.2 Å². The molecule has 21 heavy (non-hydrogen) atoms. The molecule has 0 spiro atoms. The Morgan fingerprint density at radius 2 is 2.10 bits per heavy atom. The van der Waals surface area contributed by atoms with Gasteiger partial charge in [-0.15, -0.1) is 5.10 Å². The molecule has 2 aromatic rings. The van der Waals surface area contributed by atoms with Crippen LogP contribution in [0.1, 0.15) is 51.1 Å². The van der Waals surface area contributed by atoms with Gasteiger partial charge in [0.25, 0.3) is 0 Å². The van der Waals surface area contributed by atoms with E-state index in [0.29, 0.717) is 6.04 Å². The van der Waals surface area contributed by atoms with Crippen molar-refractivity contribution in [3.8, 4) is 11.4 Å². The average molecular weight is 285 g/mol. The normalized spacial score (nSPS) is 21.4. The molecular weight excluding hydrogens is 262 g/mol. The van der Waals surface area contributed by atoms with E-state index < -0.39 is 0 Å². The molecule has 1 aliphatic carbocycles. The van der Waals surface area contributed by atoms with E-state index in [4.69, 9.17) is 5.73 Å². The van der Waals surface area contributed by atoms with Crippen molar-refractivity contribution in [2.24, 2.45) is 5.41 Å². The largest absolute Gasteiger partial charge is 0.399 e. The minimum absolute atomic E-state index is 0.219. The van der Waals surface area contributed by atoms with Gasteiger partial charge in [0.15, 0.2) is 5.82 Å². The molecule has 0 amide bonds. The summed E-state index contributed by atoms with van der Waals surface area (Å²) in [7, 11) is 0. The van der Waals surface area contributed by atoms with Crippen molar-refractivity contribution in [2.45, 2.75) is 52.5 Å². The van der Waals surface area contributed by atoms with Crippen LogP contribution in [0, 0.1) is 12.3 Å². The lowest BCUT2D eigenvalue weighted by atomic mass is 9.73. The van der Waals surface area contributed by atoms with Gasteiger partial charge in [0.2, 0.25) is 0 Å². The molecule has 1 aromatic carbocycles. The Morgan fingerprint density at radius 3 is 2.86 bits per heavy atom. The fourth-order valence-corrected chi connectivity index (χ4v) is 3.39. The number of hydrogen-bond acceptors (Lipinski definition) is 4. The van der Waals surface area contributed by atoms with Crippen molar-refractivity contribution in [1.82, 2.24) is 20.2 Å². The lowest BCUT2D eigenvalue weighted by Crippen LogP contribution is -2.31. The third-order valence-corrected chi connectivity index (χ3v) is 4.74. The fourth-order valence-electron chi connectivity index (χ4n) is 3.39. The highest BCUT2D eigenvalue weighted by molar-refractivity contribution is 5.65. The van der Waals surface area contributed by atoms with Gasteiger partial charge in [-0.2, -0.15) is 0 Å².